The quantitative estimate of drug-likeness (QED) is 0.178. The molecule has 1 aliphatic heterocycles. The Hall–Kier alpha value is -4.13. The van der Waals surface area contributed by atoms with E-state index in [0.717, 1.165) is 22.7 Å². The Morgan fingerprint density at radius 3 is 2.76 bits per heavy atom. The van der Waals surface area contributed by atoms with Gasteiger partial charge in [-0.15, -0.1) is 0 Å². The Morgan fingerprint density at radius 2 is 2.12 bits per heavy atom. The van der Waals surface area contributed by atoms with Crippen molar-refractivity contribution in [1.82, 2.24) is 24.6 Å². The van der Waals surface area contributed by atoms with Crippen molar-refractivity contribution in [3.05, 3.63) is 62.6 Å². The lowest BCUT2D eigenvalue weighted by Gasteiger charge is -2.15. The maximum absolute atomic E-state index is 13.0. The van der Waals surface area contributed by atoms with Crippen LogP contribution in [0.2, 0.25) is 0 Å². The Morgan fingerprint density at radius 1 is 1.35 bits per heavy atom. The topological polar surface area (TPSA) is 170 Å². The minimum atomic E-state index is -0.542. The number of nitro groups is 1. The summed E-state index contributed by atoms with van der Waals surface area (Å²) in [7, 11) is 0. The molecule has 12 nitrogen and oxygen atoms in total. The summed E-state index contributed by atoms with van der Waals surface area (Å²) in [5, 5.41) is 35.8. The molecule has 0 unspecified atom stereocenters. The number of aromatic hydroxyl groups is 1. The number of aromatic nitrogens is 3. The zero-order valence-electron chi connectivity index (χ0n) is 18.6. The van der Waals surface area contributed by atoms with Crippen molar-refractivity contribution in [2.24, 2.45) is 0 Å². The summed E-state index contributed by atoms with van der Waals surface area (Å²) in [4.78, 5) is 33.4. The second kappa shape index (κ2) is 9.02. The van der Waals surface area contributed by atoms with Crippen molar-refractivity contribution in [1.29, 1.82) is 5.41 Å². The van der Waals surface area contributed by atoms with Crippen LogP contribution < -0.4 is 10.6 Å². The lowest BCUT2D eigenvalue weighted by atomic mass is 10.1. The molecule has 0 aromatic carbocycles. The SMILES string of the molecule is Cc1cc([N+](=O)[O-])nc2c1CN(C(=O)c1ccc(Nc3snc(O)c3C(=N)NC(C)C)cn1)C2. The van der Waals surface area contributed by atoms with Gasteiger partial charge < -0.3 is 30.8 Å². The van der Waals surface area contributed by atoms with Gasteiger partial charge >= 0.3 is 5.82 Å². The number of amides is 1. The molecule has 0 atom stereocenters. The highest BCUT2D eigenvalue weighted by atomic mass is 32.1. The fourth-order valence-electron chi connectivity index (χ4n) is 3.60. The zero-order chi connectivity index (χ0) is 24.6. The van der Waals surface area contributed by atoms with E-state index in [2.05, 4.69) is 25.0 Å². The molecule has 176 valence electrons. The second-order valence-electron chi connectivity index (χ2n) is 8.08. The van der Waals surface area contributed by atoms with E-state index in [9.17, 15) is 20.0 Å². The third-order valence-electron chi connectivity index (χ3n) is 5.18. The second-order valence-corrected chi connectivity index (χ2v) is 8.86. The number of nitrogens with zero attached hydrogens (tertiary/aromatic N) is 5. The maximum atomic E-state index is 13.0. The van der Waals surface area contributed by atoms with Gasteiger partial charge in [0.25, 0.3) is 5.91 Å². The Labute approximate surface area is 198 Å². The van der Waals surface area contributed by atoms with Crippen LogP contribution in [0.1, 0.15) is 46.7 Å². The summed E-state index contributed by atoms with van der Waals surface area (Å²) in [5.41, 5.74) is 3.08. The maximum Gasteiger partial charge on any atom is 0.364 e. The first-order valence-electron chi connectivity index (χ1n) is 10.3. The Balaban J connectivity index is 1.48. The van der Waals surface area contributed by atoms with Gasteiger partial charge in [-0.05, 0) is 59.9 Å². The van der Waals surface area contributed by atoms with Crippen LogP contribution in [0.3, 0.4) is 0 Å². The highest BCUT2D eigenvalue weighted by Crippen LogP contribution is 2.32. The van der Waals surface area contributed by atoms with Crippen molar-refractivity contribution in [2.75, 3.05) is 5.32 Å². The number of aryl methyl sites for hydroxylation is 1. The van der Waals surface area contributed by atoms with E-state index >= 15 is 0 Å². The summed E-state index contributed by atoms with van der Waals surface area (Å²) in [6.45, 7) is 6.02. The van der Waals surface area contributed by atoms with E-state index in [-0.39, 0.29) is 47.3 Å². The summed E-state index contributed by atoms with van der Waals surface area (Å²) >= 11 is 1.00. The molecule has 3 aromatic rings. The normalized spacial score (nSPS) is 12.5. The van der Waals surface area contributed by atoms with E-state index in [4.69, 9.17) is 5.41 Å². The van der Waals surface area contributed by atoms with Crippen LogP contribution in [-0.4, -0.2) is 47.1 Å². The zero-order valence-corrected chi connectivity index (χ0v) is 19.4. The molecule has 0 bridgehead atoms. The smallest absolute Gasteiger partial charge is 0.364 e. The number of anilines is 2. The number of amidine groups is 1. The van der Waals surface area contributed by atoms with Gasteiger partial charge in [0, 0.05) is 17.7 Å². The molecule has 0 spiro atoms. The van der Waals surface area contributed by atoms with Gasteiger partial charge in [0.1, 0.15) is 22.1 Å². The first kappa shape index (κ1) is 23.0. The molecule has 0 radical (unpaired) electrons. The number of hydrogen-bond acceptors (Lipinski definition) is 10. The van der Waals surface area contributed by atoms with Gasteiger partial charge in [0.05, 0.1) is 25.0 Å². The minimum Gasteiger partial charge on any atom is -0.492 e. The summed E-state index contributed by atoms with van der Waals surface area (Å²) in [6, 6.07) is 4.65. The number of pyridine rings is 2. The fraction of sp³-hybridized carbons (Fsp3) is 0.286. The van der Waals surface area contributed by atoms with E-state index in [1.165, 1.54) is 12.3 Å². The number of fused-ring (bicyclic) bond motifs is 1. The fourth-order valence-corrected chi connectivity index (χ4v) is 4.32. The van der Waals surface area contributed by atoms with Crippen LogP contribution in [0, 0.1) is 22.4 Å². The highest BCUT2D eigenvalue weighted by molar-refractivity contribution is 7.11. The van der Waals surface area contributed by atoms with E-state index in [0.29, 0.717) is 22.9 Å². The number of rotatable bonds is 6. The molecule has 0 saturated carbocycles. The van der Waals surface area contributed by atoms with Crippen LogP contribution in [0.15, 0.2) is 24.4 Å². The van der Waals surface area contributed by atoms with Crippen LogP contribution in [-0.2, 0) is 13.1 Å². The molecular weight excluding hydrogens is 460 g/mol. The van der Waals surface area contributed by atoms with E-state index in [1.54, 1.807) is 24.0 Å². The largest absolute Gasteiger partial charge is 0.492 e. The minimum absolute atomic E-state index is 0.00784. The molecule has 3 aromatic heterocycles. The molecule has 4 N–H and O–H groups in total. The standard InChI is InChI=1S/C21H22N8O4S/c1-10(2)24-18(22)17-19(30)27-34-20(17)25-12-4-5-14(23-7-12)21(31)28-8-13-11(3)6-16(29(32)33)26-15(13)9-28/h4-7,10,25H,8-9H2,1-3H3,(H2,22,24)(H,27,30). The third kappa shape index (κ3) is 4.50. The first-order valence-corrected chi connectivity index (χ1v) is 11.1. The van der Waals surface area contributed by atoms with Crippen molar-refractivity contribution >= 4 is 39.8 Å². The van der Waals surface area contributed by atoms with Crippen molar-refractivity contribution in [2.45, 2.75) is 39.9 Å². The lowest BCUT2D eigenvalue weighted by molar-refractivity contribution is -0.389. The number of carbonyl (C=O) groups excluding carboxylic acids is 1. The van der Waals surface area contributed by atoms with Gasteiger partial charge in [-0.3, -0.25) is 10.2 Å². The molecule has 1 amide bonds. The van der Waals surface area contributed by atoms with E-state index < -0.39 is 4.92 Å². The van der Waals surface area contributed by atoms with Crippen molar-refractivity contribution in [3.8, 4) is 5.88 Å². The molecule has 4 rings (SSSR count). The van der Waals surface area contributed by atoms with Gasteiger partial charge in [-0.25, -0.2) is 4.98 Å². The first-order chi connectivity index (χ1) is 16.1. The number of hydrogen-bond donors (Lipinski definition) is 4. The molecular formula is C21H22N8O4S. The number of carbonyl (C=O) groups is 1. The Bertz CT molecular complexity index is 1290. The van der Waals surface area contributed by atoms with Crippen LogP contribution >= 0.6 is 11.5 Å². The average molecular weight is 483 g/mol. The molecule has 4 heterocycles. The lowest BCUT2D eigenvalue weighted by Crippen LogP contribution is -2.30. The number of nitrogens with one attached hydrogen (secondary N) is 3. The van der Waals surface area contributed by atoms with Crippen molar-refractivity contribution < 1.29 is 14.8 Å². The summed E-state index contributed by atoms with van der Waals surface area (Å²) in [5.74, 6) is -0.751. The molecule has 0 aliphatic carbocycles. The van der Waals surface area contributed by atoms with Crippen LogP contribution in [0.4, 0.5) is 16.5 Å². The summed E-state index contributed by atoms with van der Waals surface area (Å²) < 4.78 is 3.91. The van der Waals surface area contributed by atoms with E-state index in [1.807, 2.05) is 13.8 Å². The molecule has 34 heavy (non-hydrogen) atoms. The van der Waals surface area contributed by atoms with Crippen LogP contribution in [0.5, 0.6) is 5.88 Å². The summed E-state index contributed by atoms with van der Waals surface area (Å²) in [6.07, 6.45) is 1.48. The molecule has 0 saturated heterocycles. The highest BCUT2D eigenvalue weighted by Gasteiger charge is 2.32. The Kier molecular flexibility index (Phi) is 6.11. The average Bonchev–Trinajstić information content (AvgIpc) is 3.37. The van der Waals surface area contributed by atoms with Gasteiger partial charge in [-0.1, -0.05) is 0 Å². The monoisotopic (exact) mass is 482 g/mol. The van der Waals surface area contributed by atoms with Gasteiger partial charge in [-0.2, -0.15) is 4.37 Å². The predicted molar refractivity (Wildman–Crippen MR) is 126 cm³/mol. The van der Waals surface area contributed by atoms with Crippen LogP contribution in [0.25, 0.3) is 0 Å². The third-order valence-corrected chi connectivity index (χ3v) is 5.93. The van der Waals surface area contributed by atoms with Crippen molar-refractivity contribution in [3.63, 3.8) is 0 Å². The predicted octanol–water partition coefficient (Wildman–Crippen LogP) is 3.08. The van der Waals surface area contributed by atoms with Gasteiger partial charge in [0.15, 0.2) is 5.69 Å². The molecule has 13 heteroatoms. The molecule has 0 fully saturated rings. The molecule has 1 aliphatic rings. The van der Waals surface area contributed by atoms with Gasteiger partial charge in [0.2, 0.25) is 5.88 Å².